The van der Waals surface area contributed by atoms with Gasteiger partial charge in [0.15, 0.2) is 5.52 Å². The second-order valence-electron chi connectivity index (χ2n) is 2.12. The maximum atomic E-state index is 11.1. The Morgan fingerprint density at radius 1 is 1.08 bits per heavy atom. The van der Waals surface area contributed by atoms with Gasteiger partial charge in [-0.15, -0.1) is 0 Å². The van der Waals surface area contributed by atoms with Gasteiger partial charge in [-0.25, -0.2) is 15.0 Å². The van der Waals surface area contributed by atoms with Gasteiger partial charge in [-0.3, -0.25) is 9.78 Å². The van der Waals surface area contributed by atoms with Crippen LogP contribution in [0.25, 0.3) is 11.0 Å². The van der Waals surface area contributed by atoms with Gasteiger partial charge in [0.1, 0.15) is 11.8 Å². The first-order chi connectivity index (χ1) is 5.88. The third kappa shape index (κ3) is 1.01. The molecule has 0 radical (unpaired) electrons. The Kier molecular flexibility index (Phi) is 1.48. The van der Waals surface area contributed by atoms with Crippen LogP contribution in [0, 0.1) is 0 Å². The molecule has 58 valence electrons. The van der Waals surface area contributed by atoms with E-state index in [0.717, 1.165) is 0 Å². The quantitative estimate of drug-likeness (QED) is 0.533. The summed E-state index contributed by atoms with van der Waals surface area (Å²) in [5.74, 6) is 0. The average molecular weight is 160 g/mol. The molecule has 5 nitrogen and oxygen atoms in total. The van der Waals surface area contributed by atoms with Crippen LogP contribution in [0.1, 0.15) is 0 Å². The first-order valence-corrected chi connectivity index (χ1v) is 3.29. The molecule has 0 saturated heterocycles. The molecule has 12 heavy (non-hydrogen) atoms. The first kappa shape index (κ1) is 6.78. The van der Waals surface area contributed by atoms with E-state index >= 15 is 0 Å². The van der Waals surface area contributed by atoms with E-state index in [1.165, 1.54) is 24.9 Å². The maximum absolute atomic E-state index is 11.1. The van der Waals surface area contributed by atoms with Gasteiger partial charge in [0.05, 0.1) is 6.20 Å². The number of hydrogen-bond donors (Lipinski definition) is 0. The minimum absolute atomic E-state index is 0.245. The van der Waals surface area contributed by atoms with Gasteiger partial charge in [0, 0.05) is 12.4 Å². The number of aromatic nitrogens is 4. The van der Waals surface area contributed by atoms with Crippen molar-refractivity contribution < 1.29 is 0 Å². The summed E-state index contributed by atoms with van der Waals surface area (Å²) in [6, 6.07) is 0. The van der Waals surface area contributed by atoms with Gasteiger partial charge >= 0.3 is 0 Å². The van der Waals surface area contributed by atoms with E-state index in [9.17, 15) is 4.79 Å². The van der Waals surface area contributed by atoms with Gasteiger partial charge in [0.2, 0.25) is 0 Å². The van der Waals surface area contributed by atoms with Crippen LogP contribution < -0.4 is 5.56 Å². The minimum atomic E-state index is -0.384. The Hall–Kier alpha value is -1.91. The van der Waals surface area contributed by atoms with E-state index in [0.29, 0.717) is 5.52 Å². The fourth-order valence-corrected chi connectivity index (χ4v) is 0.857. The molecular formula is C7H4N4O. The molecule has 0 fully saturated rings. The molecule has 0 bridgehead atoms. The number of fused-ring (bicyclic) bond motifs is 1. The summed E-state index contributed by atoms with van der Waals surface area (Å²) in [6.45, 7) is 0. The molecule has 0 saturated carbocycles. The average Bonchev–Trinajstić information content (AvgIpc) is 2.29. The highest BCUT2D eigenvalue weighted by Gasteiger charge is 1.96. The molecule has 0 aliphatic heterocycles. The summed E-state index contributed by atoms with van der Waals surface area (Å²) >= 11 is 0. The van der Waals surface area contributed by atoms with E-state index in [2.05, 4.69) is 19.9 Å². The molecule has 0 spiro atoms. The van der Waals surface area contributed by atoms with Crippen LogP contribution in [0.2, 0.25) is 0 Å². The van der Waals surface area contributed by atoms with Crippen molar-refractivity contribution in [3.63, 3.8) is 0 Å². The lowest BCUT2D eigenvalue weighted by Gasteiger charge is -1.83. The van der Waals surface area contributed by atoms with E-state index in [-0.39, 0.29) is 11.1 Å². The zero-order valence-corrected chi connectivity index (χ0v) is 6.01. The molecule has 0 atom stereocenters. The van der Waals surface area contributed by atoms with Crippen LogP contribution in [-0.4, -0.2) is 19.9 Å². The largest absolute Gasteiger partial charge is 0.297 e. The summed E-state index contributed by atoms with van der Waals surface area (Å²) in [5, 5.41) is 0. The lowest BCUT2D eigenvalue weighted by Crippen LogP contribution is -2.03. The molecule has 5 heteroatoms. The third-order valence-corrected chi connectivity index (χ3v) is 1.37. The van der Waals surface area contributed by atoms with Crippen LogP contribution in [0.5, 0.6) is 0 Å². The smallest absolute Gasteiger partial charge is 0.265 e. The molecule has 2 heterocycles. The van der Waals surface area contributed by atoms with Crippen molar-refractivity contribution in [2.45, 2.75) is 0 Å². The lowest BCUT2D eigenvalue weighted by atomic mass is 10.5. The van der Waals surface area contributed by atoms with Crippen LogP contribution in [0.15, 0.2) is 29.7 Å². The zero-order chi connectivity index (χ0) is 8.39. The monoisotopic (exact) mass is 160 g/mol. The molecule has 0 N–H and O–H groups in total. The van der Waals surface area contributed by atoms with Crippen molar-refractivity contribution in [2.75, 3.05) is 0 Å². The van der Waals surface area contributed by atoms with Gasteiger partial charge < -0.3 is 0 Å². The van der Waals surface area contributed by atoms with E-state index in [1.54, 1.807) is 0 Å². The molecular weight excluding hydrogens is 156 g/mol. The van der Waals surface area contributed by atoms with Crippen molar-refractivity contribution in [3.05, 3.63) is 35.3 Å². The normalized spacial score (nSPS) is 10.0. The Labute approximate surface area is 67.2 Å². The molecule has 0 unspecified atom stereocenters. The second kappa shape index (κ2) is 2.61. The van der Waals surface area contributed by atoms with Gasteiger partial charge in [-0.2, -0.15) is 0 Å². The summed E-state index contributed by atoms with van der Waals surface area (Å²) in [4.78, 5) is 26.1. The fourth-order valence-electron chi connectivity index (χ4n) is 0.857. The summed E-state index contributed by atoms with van der Waals surface area (Å²) in [6.07, 6.45) is 5.55. The molecule has 0 amide bonds. The number of rotatable bonds is 0. The molecule has 0 aliphatic carbocycles. The summed E-state index contributed by atoms with van der Waals surface area (Å²) in [7, 11) is 0. The van der Waals surface area contributed by atoms with Crippen molar-refractivity contribution in [3.8, 4) is 0 Å². The zero-order valence-electron chi connectivity index (χ0n) is 6.01. The van der Waals surface area contributed by atoms with Gasteiger partial charge in [-0.1, -0.05) is 0 Å². The minimum Gasteiger partial charge on any atom is -0.265 e. The van der Waals surface area contributed by atoms with Crippen LogP contribution in [0.3, 0.4) is 0 Å². The summed E-state index contributed by atoms with van der Waals surface area (Å²) in [5.41, 5.74) is 0.319. The third-order valence-electron chi connectivity index (χ3n) is 1.37. The SMILES string of the molecule is O=c1nccnc2cncnc12. The highest BCUT2D eigenvalue weighted by molar-refractivity contribution is 5.70. The van der Waals surface area contributed by atoms with Crippen LogP contribution in [0.4, 0.5) is 0 Å². The number of nitrogens with zero attached hydrogens (tertiary/aromatic N) is 4. The molecule has 2 rings (SSSR count). The second-order valence-corrected chi connectivity index (χ2v) is 2.12. The summed E-state index contributed by atoms with van der Waals surface area (Å²) < 4.78 is 0. The number of hydrogen-bond acceptors (Lipinski definition) is 5. The van der Waals surface area contributed by atoms with Gasteiger partial charge in [0.25, 0.3) is 5.56 Å². The van der Waals surface area contributed by atoms with Gasteiger partial charge in [-0.05, 0) is 0 Å². The Morgan fingerprint density at radius 3 is 2.83 bits per heavy atom. The molecule has 0 aliphatic rings. The highest BCUT2D eigenvalue weighted by atomic mass is 16.1. The fraction of sp³-hybridized carbons (Fsp3) is 0. The van der Waals surface area contributed by atoms with Crippen molar-refractivity contribution in [1.29, 1.82) is 0 Å². The van der Waals surface area contributed by atoms with Crippen LogP contribution >= 0.6 is 0 Å². The van der Waals surface area contributed by atoms with E-state index in [4.69, 9.17) is 0 Å². The molecule has 2 aromatic heterocycles. The standard InChI is InChI=1S/C7H4N4O/c12-7-6-5(3-8-4-11-6)9-1-2-10-7/h1-4H. The Morgan fingerprint density at radius 2 is 1.92 bits per heavy atom. The predicted molar refractivity (Wildman–Crippen MR) is 41.4 cm³/mol. The highest BCUT2D eigenvalue weighted by Crippen LogP contribution is 1.95. The Bertz CT molecular complexity index is 470. The van der Waals surface area contributed by atoms with Crippen molar-refractivity contribution in [1.82, 2.24) is 19.9 Å². The predicted octanol–water partition coefficient (Wildman–Crippen LogP) is -0.220. The Balaban J connectivity index is 3.06. The maximum Gasteiger partial charge on any atom is 0.297 e. The topological polar surface area (TPSA) is 68.6 Å². The molecule has 0 aromatic carbocycles. The lowest BCUT2D eigenvalue weighted by molar-refractivity contribution is 1.19. The van der Waals surface area contributed by atoms with Crippen LogP contribution in [-0.2, 0) is 0 Å². The van der Waals surface area contributed by atoms with E-state index in [1.807, 2.05) is 0 Å². The molecule has 2 aromatic rings. The van der Waals surface area contributed by atoms with Crippen molar-refractivity contribution >= 4 is 11.0 Å². The van der Waals surface area contributed by atoms with Crippen molar-refractivity contribution in [2.24, 2.45) is 0 Å². The first-order valence-electron chi connectivity index (χ1n) is 3.29. The van der Waals surface area contributed by atoms with E-state index < -0.39 is 0 Å².